The molecule has 31 heavy (non-hydrogen) atoms. The number of nitrogens with zero attached hydrogens (tertiary/aromatic N) is 4. The van der Waals surface area contributed by atoms with Gasteiger partial charge < -0.3 is 19.3 Å². The number of pyridine rings is 1. The van der Waals surface area contributed by atoms with Gasteiger partial charge in [0.25, 0.3) is 5.91 Å². The monoisotopic (exact) mass is 414 g/mol. The van der Waals surface area contributed by atoms with Gasteiger partial charge >= 0.3 is 0 Å². The molecule has 2 aromatic heterocycles. The molecule has 0 saturated carbocycles. The number of carbonyl (C=O) groups is 1. The number of hydrogen-bond donors (Lipinski definition) is 1. The normalized spacial score (nSPS) is 13.9. The molecule has 1 aliphatic heterocycles. The summed E-state index contributed by atoms with van der Waals surface area (Å²) in [7, 11) is 1.81. The summed E-state index contributed by atoms with van der Waals surface area (Å²) in [5.41, 5.74) is 3.44. The van der Waals surface area contributed by atoms with E-state index in [1.165, 1.54) is 0 Å². The van der Waals surface area contributed by atoms with Crippen molar-refractivity contribution >= 4 is 16.7 Å². The fourth-order valence-corrected chi connectivity index (χ4v) is 3.86. The molecule has 3 heterocycles. The second-order valence-electron chi connectivity index (χ2n) is 7.77. The first-order chi connectivity index (χ1) is 15.1. The largest absolute Gasteiger partial charge is 0.486 e. The molecule has 7 nitrogen and oxygen atoms in total. The minimum Gasteiger partial charge on any atom is -0.486 e. The highest BCUT2D eigenvalue weighted by atomic mass is 16.5. The Kier molecular flexibility index (Phi) is 4.88. The van der Waals surface area contributed by atoms with Crippen LogP contribution in [0.5, 0.6) is 5.75 Å². The molecule has 0 radical (unpaired) electrons. The lowest BCUT2D eigenvalue weighted by atomic mass is 9.99. The summed E-state index contributed by atoms with van der Waals surface area (Å²) in [6, 6.07) is 13.9. The zero-order valence-corrected chi connectivity index (χ0v) is 17.1. The van der Waals surface area contributed by atoms with E-state index >= 15 is 0 Å². The van der Waals surface area contributed by atoms with Crippen LogP contribution in [0.25, 0.3) is 21.9 Å². The van der Waals surface area contributed by atoms with Crippen molar-refractivity contribution in [2.45, 2.75) is 12.7 Å². The van der Waals surface area contributed by atoms with E-state index < -0.39 is 0 Å². The summed E-state index contributed by atoms with van der Waals surface area (Å²) in [6.07, 6.45) is 6.68. The molecule has 1 aliphatic rings. The van der Waals surface area contributed by atoms with Crippen LogP contribution in [0.4, 0.5) is 0 Å². The minimum absolute atomic E-state index is 0.00268. The molecule has 2 aromatic carbocycles. The van der Waals surface area contributed by atoms with Gasteiger partial charge in [0.05, 0.1) is 32.2 Å². The first-order valence-corrected chi connectivity index (χ1v) is 10.1. The maximum absolute atomic E-state index is 12.6. The number of ether oxygens (including phenoxy) is 1. The van der Waals surface area contributed by atoms with Gasteiger partial charge in [0.1, 0.15) is 17.5 Å². The zero-order chi connectivity index (χ0) is 21.4. The predicted molar refractivity (Wildman–Crippen MR) is 117 cm³/mol. The van der Waals surface area contributed by atoms with Crippen LogP contribution in [0.2, 0.25) is 0 Å². The van der Waals surface area contributed by atoms with Crippen molar-refractivity contribution in [2.75, 3.05) is 13.1 Å². The number of rotatable bonds is 5. The molecule has 0 bridgehead atoms. The second kappa shape index (κ2) is 7.85. The molecule has 1 amide bonds. The molecule has 156 valence electrons. The molecule has 4 aromatic rings. The van der Waals surface area contributed by atoms with Gasteiger partial charge in [0.2, 0.25) is 0 Å². The highest BCUT2D eigenvalue weighted by molar-refractivity contribution is 5.93. The van der Waals surface area contributed by atoms with Crippen LogP contribution in [-0.2, 0) is 13.7 Å². The number of likely N-dealkylation sites (tertiary alicyclic amines) is 1. The third-order valence-electron chi connectivity index (χ3n) is 5.63. The third-order valence-corrected chi connectivity index (χ3v) is 5.63. The van der Waals surface area contributed by atoms with Crippen molar-refractivity contribution in [1.82, 2.24) is 19.4 Å². The number of imidazole rings is 1. The Hall–Kier alpha value is -3.71. The van der Waals surface area contributed by atoms with E-state index in [0.29, 0.717) is 18.8 Å². The van der Waals surface area contributed by atoms with E-state index in [1.807, 2.05) is 43.4 Å². The van der Waals surface area contributed by atoms with Crippen molar-refractivity contribution in [3.8, 4) is 16.9 Å². The van der Waals surface area contributed by atoms with Crippen LogP contribution in [0.3, 0.4) is 0 Å². The average Bonchev–Trinajstić information content (AvgIpc) is 3.21. The molecular weight excluding hydrogens is 392 g/mol. The molecule has 1 N–H and O–H groups in total. The average molecular weight is 414 g/mol. The standard InChI is InChI=1S/C24H22N4O3/c1-27-15-26-11-22(27)24(30)28-12-20(13-28)31-23-9-19(8-18-5-6-25-10-21(18)23)17-4-2-3-16(7-17)14-29/h2-11,15,20,29H,12-14H2,1H3. The molecule has 0 atom stereocenters. The number of aromatic nitrogens is 3. The number of benzene rings is 2. The summed E-state index contributed by atoms with van der Waals surface area (Å²) in [5, 5.41) is 11.4. The molecule has 1 fully saturated rings. The molecule has 1 saturated heterocycles. The van der Waals surface area contributed by atoms with E-state index in [4.69, 9.17) is 4.74 Å². The molecule has 0 aliphatic carbocycles. The van der Waals surface area contributed by atoms with Crippen LogP contribution >= 0.6 is 0 Å². The summed E-state index contributed by atoms with van der Waals surface area (Å²) >= 11 is 0. The van der Waals surface area contributed by atoms with E-state index in [1.54, 1.807) is 34.4 Å². The first kappa shape index (κ1) is 19.3. The van der Waals surface area contributed by atoms with Gasteiger partial charge in [-0.05, 0) is 46.3 Å². The molecule has 7 heteroatoms. The summed E-state index contributed by atoms with van der Waals surface area (Å²) in [4.78, 5) is 22.6. The Morgan fingerprint density at radius 2 is 2.00 bits per heavy atom. The quantitative estimate of drug-likeness (QED) is 0.543. The molecule has 0 unspecified atom stereocenters. The fraction of sp³-hybridized carbons (Fsp3) is 0.208. The second-order valence-corrected chi connectivity index (χ2v) is 7.77. The number of fused-ring (bicyclic) bond motifs is 1. The van der Waals surface area contributed by atoms with Crippen molar-refractivity contribution in [3.05, 3.63) is 78.6 Å². The predicted octanol–water partition coefficient (Wildman–Crippen LogP) is 3.03. The van der Waals surface area contributed by atoms with Crippen LogP contribution in [0.1, 0.15) is 16.1 Å². The Morgan fingerprint density at radius 1 is 1.13 bits per heavy atom. The van der Waals surface area contributed by atoms with Crippen molar-refractivity contribution in [2.24, 2.45) is 7.05 Å². The number of aliphatic hydroxyl groups is 1. The topological polar surface area (TPSA) is 80.5 Å². The van der Waals surface area contributed by atoms with E-state index in [-0.39, 0.29) is 18.6 Å². The molecule has 5 rings (SSSR count). The van der Waals surface area contributed by atoms with Gasteiger partial charge in [-0.25, -0.2) is 4.98 Å². The van der Waals surface area contributed by atoms with Crippen molar-refractivity contribution < 1.29 is 14.6 Å². The van der Waals surface area contributed by atoms with E-state index in [2.05, 4.69) is 16.0 Å². The maximum atomic E-state index is 12.6. The number of hydrogen-bond acceptors (Lipinski definition) is 5. The number of carbonyl (C=O) groups excluding carboxylic acids is 1. The number of aryl methyl sites for hydroxylation is 1. The highest BCUT2D eigenvalue weighted by Gasteiger charge is 2.34. The minimum atomic E-state index is -0.0837. The lowest BCUT2D eigenvalue weighted by Crippen LogP contribution is -2.56. The number of amides is 1. The SMILES string of the molecule is Cn1cncc1C(=O)N1CC(Oc2cc(-c3cccc(CO)c3)cc3ccncc23)C1. The fourth-order valence-electron chi connectivity index (χ4n) is 3.86. The van der Waals surface area contributed by atoms with Crippen LogP contribution in [-0.4, -0.2) is 49.6 Å². The van der Waals surface area contributed by atoms with Crippen molar-refractivity contribution in [3.63, 3.8) is 0 Å². The number of aliphatic hydroxyl groups excluding tert-OH is 1. The molecule has 0 spiro atoms. The first-order valence-electron chi connectivity index (χ1n) is 10.1. The maximum Gasteiger partial charge on any atom is 0.272 e. The zero-order valence-electron chi connectivity index (χ0n) is 17.1. The summed E-state index contributed by atoms with van der Waals surface area (Å²) in [5.74, 6) is 0.702. The van der Waals surface area contributed by atoms with Crippen LogP contribution in [0, 0.1) is 0 Å². The highest BCUT2D eigenvalue weighted by Crippen LogP contribution is 2.34. The Labute approximate surface area is 179 Å². The van der Waals surface area contributed by atoms with Gasteiger partial charge in [-0.15, -0.1) is 0 Å². The third kappa shape index (κ3) is 3.64. The Balaban J connectivity index is 1.40. The van der Waals surface area contributed by atoms with Crippen LogP contribution in [0.15, 0.2) is 67.4 Å². The van der Waals surface area contributed by atoms with Crippen LogP contribution < -0.4 is 4.74 Å². The lowest BCUT2D eigenvalue weighted by molar-refractivity contribution is 0.0177. The van der Waals surface area contributed by atoms with Gasteiger partial charge in [-0.1, -0.05) is 18.2 Å². The van der Waals surface area contributed by atoms with E-state index in [9.17, 15) is 9.90 Å². The smallest absolute Gasteiger partial charge is 0.272 e. The summed E-state index contributed by atoms with van der Waals surface area (Å²) < 4.78 is 8.03. The van der Waals surface area contributed by atoms with E-state index in [0.717, 1.165) is 33.2 Å². The lowest BCUT2D eigenvalue weighted by Gasteiger charge is -2.39. The Morgan fingerprint density at radius 3 is 2.77 bits per heavy atom. The van der Waals surface area contributed by atoms with Gasteiger partial charge in [-0.2, -0.15) is 0 Å². The van der Waals surface area contributed by atoms with Gasteiger partial charge in [0.15, 0.2) is 0 Å². The van der Waals surface area contributed by atoms with Gasteiger partial charge in [-0.3, -0.25) is 9.78 Å². The van der Waals surface area contributed by atoms with Crippen molar-refractivity contribution in [1.29, 1.82) is 0 Å². The Bertz CT molecular complexity index is 1260. The molecular formula is C24H22N4O3. The van der Waals surface area contributed by atoms with Gasteiger partial charge in [0, 0.05) is 24.8 Å². The summed E-state index contributed by atoms with van der Waals surface area (Å²) in [6.45, 7) is 1.04.